The van der Waals surface area contributed by atoms with Crippen LogP contribution in [0.15, 0.2) is 30.3 Å². The van der Waals surface area contributed by atoms with Gasteiger partial charge in [0.15, 0.2) is 0 Å². The number of amides is 1. The quantitative estimate of drug-likeness (QED) is 0.874. The Labute approximate surface area is 115 Å². The number of carbonyl (C=O) groups is 1. The van der Waals surface area contributed by atoms with Crippen molar-refractivity contribution in [1.82, 2.24) is 5.32 Å². The molecular formula is C16H24N2O. The number of nitrogens with one attached hydrogen (secondary N) is 1. The molecule has 0 radical (unpaired) electrons. The third kappa shape index (κ3) is 3.80. The van der Waals surface area contributed by atoms with E-state index in [1.807, 2.05) is 37.3 Å². The van der Waals surface area contributed by atoms with Crippen molar-refractivity contribution >= 4 is 5.91 Å². The second-order valence-electron chi connectivity index (χ2n) is 5.57. The topological polar surface area (TPSA) is 55.1 Å². The Balaban J connectivity index is 1.91. The average molecular weight is 260 g/mol. The van der Waals surface area contributed by atoms with Gasteiger partial charge in [0.05, 0.1) is 5.92 Å². The third-order valence-electron chi connectivity index (χ3n) is 4.09. The van der Waals surface area contributed by atoms with E-state index in [1.54, 1.807) is 0 Å². The first kappa shape index (κ1) is 14.1. The highest BCUT2D eigenvalue weighted by atomic mass is 16.1. The van der Waals surface area contributed by atoms with E-state index in [2.05, 4.69) is 5.32 Å². The van der Waals surface area contributed by atoms with E-state index in [0.717, 1.165) is 18.4 Å². The fourth-order valence-corrected chi connectivity index (χ4v) is 2.71. The van der Waals surface area contributed by atoms with Crippen LogP contribution in [0.2, 0.25) is 0 Å². The van der Waals surface area contributed by atoms with E-state index in [1.165, 1.54) is 19.3 Å². The summed E-state index contributed by atoms with van der Waals surface area (Å²) in [5.41, 5.74) is 7.21. The fraction of sp³-hybridized carbons (Fsp3) is 0.562. The molecule has 1 aliphatic rings. The van der Waals surface area contributed by atoms with Gasteiger partial charge in [-0.3, -0.25) is 4.79 Å². The Morgan fingerprint density at radius 1 is 1.21 bits per heavy atom. The van der Waals surface area contributed by atoms with E-state index in [4.69, 9.17) is 5.73 Å². The lowest BCUT2D eigenvalue weighted by Crippen LogP contribution is -2.42. The van der Waals surface area contributed by atoms with E-state index in [9.17, 15) is 4.79 Å². The van der Waals surface area contributed by atoms with Gasteiger partial charge in [-0.2, -0.15) is 0 Å². The van der Waals surface area contributed by atoms with Crippen LogP contribution < -0.4 is 11.1 Å². The molecule has 2 atom stereocenters. The van der Waals surface area contributed by atoms with Gasteiger partial charge in [0.2, 0.25) is 5.91 Å². The van der Waals surface area contributed by atoms with Gasteiger partial charge < -0.3 is 11.1 Å². The van der Waals surface area contributed by atoms with Crippen LogP contribution in [0.4, 0.5) is 0 Å². The number of rotatable bonds is 4. The molecule has 19 heavy (non-hydrogen) atoms. The highest BCUT2D eigenvalue weighted by Gasteiger charge is 2.24. The van der Waals surface area contributed by atoms with E-state index in [-0.39, 0.29) is 17.9 Å². The second-order valence-corrected chi connectivity index (χ2v) is 5.57. The molecule has 1 aromatic carbocycles. The maximum Gasteiger partial charge on any atom is 0.224 e. The van der Waals surface area contributed by atoms with Crippen LogP contribution in [0.25, 0.3) is 0 Å². The Morgan fingerprint density at radius 3 is 2.47 bits per heavy atom. The summed E-state index contributed by atoms with van der Waals surface area (Å²) in [6.07, 6.45) is 5.97. The van der Waals surface area contributed by atoms with Crippen LogP contribution in [0.3, 0.4) is 0 Å². The number of benzene rings is 1. The van der Waals surface area contributed by atoms with Crippen LogP contribution >= 0.6 is 0 Å². The molecule has 0 bridgehead atoms. The zero-order valence-electron chi connectivity index (χ0n) is 11.6. The van der Waals surface area contributed by atoms with Gasteiger partial charge >= 0.3 is 0 Å². The van der Waals surface area contributed by atoms with Gasteiger partial charge in [0.25, 0.3) is 0 Å². The van der Waals surface area contributed by atoms with Gasteiger partial charge in [-0.15, -0.1) is 0 Å². The Kier molecular flexibility index (Phi) is 4.97. The van der Waals surface area contributed by atoms with E-state index < -0.39 is 0 Å². The van der Waals surface area contributed by atoms with Crippen molar-refractivity contribution < 1.29 is 4.79 Å². The molecule has 0 spiro atoms. The second kappa shape index (κ2) is 6.71. The molecule has 1 aliphatic carbocycles. The van der Waals surface area contributed by atoms with Gasteiger partial charge in [-0.1, -0.05) is 56.5 Å². The van der Waals surface area contributed by atoms with Crippen molar-refractivity contribution in [2.75, 3.05) is 0 Å². The number of carbonyl (C=O) groups excluding carboxylic acids is 1. The predicted octanol–water partition coefficient (Wildman–Crippen LogP) is 2.77. The van der Waals surface area contributed by atoms with Crippen LogP contribution in [-0.2, 0) is 4.79 Å². The summed E-state index contributed by atoms with van der Waals surface area (Å²) in [6, 6.07) is 9.96. The van der Waals surface area contributed by atoms with Crippen molar-refractivity contribution in [3.05, 3.63) is 35.9 Å². The van der Waals surface area contributed by atoms with Crippen molar-refractivity contribution in [3.63, 3.8) is 0 Å². The predicted molar refractivity (Wildman–Crippen MR) is 77.6 cm³/mol. The third-order valence-corrected chi connectivity index (χ3v) is 4.09. The lowest BCUT2D eigenvalue weighted by Gasteiger charge is -2.26. The SMILES string of the molecule is CC(C(=O)NC1CCCCC1)C(N)c1ccccc1. The maximum absolute atomic E-state index is 12.2. The first-order chi connectivity index (χ1) is 9.18. The van der Waals surface area contributed by atoms with Crippen LogP contribution in [0.1, 0.15) is 50.6 Å². The highest BCUT2D eigenvalue weighted by Crippen LogP contribution is 2.21. The Bertz CT molecular complexity index is 398. The zero-order valence-corrected chi connectivity index (χ0v) is 11.6. The first-order valence-electron chi connectivity index (χ1n) is 7.29. The molecule has 3 nitrogen and oxygen atoms in total. The summed E-state index contributed by atoms with van der Waals surface area (Å²) in [7, 11) is 0. The molecule has 3 N–H and O–H groups in total. The van der Waals surface area contributed by atoms with Crippen LogP contribution in [0.5, 0.6) is 0 Å². The number of hydrogen-bond donors (Lipinski definition) is 2. The molecule has 1 aromatic rings. The molecule has 2 rings (SSSR count). The minimum Gasteiger partial charge on any atom is -0.353 e. The molecule has 0 heterocycles. The molecule has 104 valence electrons. The van der Waals surface area contributed by atoms with E-state index >= 15 is 0 Å². The smallest absolute Gasteiger partial charge is 0.224 e. The van der Waals surface area contributed by atoms with Crippen molar-refractivity contribution in [3.8, 4) is 0 Å². The standard InChI is InChI=1S/C16H24N2O/c1-12(15(17)13-8-4-2-5-9-13)16(19)18-14-10-6-3-7-11-14/h2,4-5,8-9,12,14-15H,3,6-7,10-11,17H2,1H3,(H,18,19). The van der Waals surface area contributed by atoms with Gasteiger partial charge in [0.1, 0.15) is 0 Å². The lowest BCUT2D eigenvalue weighted by atomic mass is 9.92. The normalized spacial score (nSPS) is 19.7. The lowest BCUT2D eigenvalue weighted by molar-refractivity contribution is -0.126. The summed E-state index contributed by atoms with van der Waals surface area (Å²) >= 11 is 0. The first-order valence-corrected chi connectivity index (χ1v) is 7.29. The maximum atomic E-state index is 12.2. The molecule has 1 amide bonds. The largest absolute Gasteiger partial charge is 0.353 e. The Hall–Kier alpha value is -1.35. The molecule has 0 aliphatic heterocycles. The molecule has 1 saturated carbocycles. The zero-order chi connectivity index (χ0) is 13.7. The van der Waals surface area contributed by atoms with Gasteiger partial charge in [0, 0.05) is 12.1 Å². The summed E-state index contributed by atoms with van der Waals surface area (Å²) in [6.45, 7) is 1.91. The monoisotopic (exact) mass is 260 g/mol. The highest BCUT2D eigenvalue weighted by molar-refractivity contribution is 5.79. The average Bonchev–Trinajstić information content (AvgIpc) is 2.47. The molecule has 0 aromatic heterocycles. The molecule has 1 fully saturated rings. The molecular weight excluding hydrogens is 236 g/mol. The minimum atomic E-state index is -0.232. The van der Waals surface area contributed by atoms with E-state index in [0.29, 0.717) is 6.04 Å². The van der Waals surface area contributed by atoms with Gasteiger partial charge in [-0.25, -0.2) is 0 Å². The van der Waals surface area contributed by atoms with Gasteiger partial charge in [-0.05, 0) is 18.4 Å². The van der Waals surface area contributed by atoms with Crippen molar-refractivity contribution in [1.29, 1.82) is 0 Å². The van der Waals surface area contributed by atoms with Crippen molar-refractivity contribution in [2.45, 2.75) is 51.1 Å². The number of hydrogen-bond acceptors (Lipinski definition) is 2. The molecule has 0 saturated heterocycles. The molecule has 2 unspecified atom stereocenters. The fourth-order valence-electron chi connectivity index (χ4n) is 2.71. The summed E-state index contributed by atoms with van der Waals surface area (Å²) < 4.78 is 0. The van der Waals surface area contributed by atoms with Crippen LogP contribution in [0, 0.1) is 5.92 Å². The Morgan fingerprint density at radius 2 is 1.84 bits per heavy atom. The summed E-state index contributed by atoms with van der Waals surface area (Å²) in [5, 5.41) is 3.15. The number of nitrogens with two attached hydrogens (primary N) is 1. The van der Waals surface area contributed by atoms with Crippen molar-refractivity contribution in [2.24, 2.45) is 11.7 Å². The summed E-state index contributed by atoms with van der Waals surface area (Å²) in [5.74, 6) is -0.104. The molecule has 3 heteroatoms. The minimum absolute atomic E-state index is 0.0863. The van der Waals surface area contributed by atoms with Crippen LogP contribution in [-0.4, -0.2) is 11.9 Å². The summed E-state index contributed by atoms with van der Waals surface area (Å²) in [4.78, 5) is 12.2.